The highest BCUT2D eigenvalue weighted by Crippen LogP contribution is 2.23. The van der Waals surface area contributed by atoms with E-state index in [-0.39, 0.29) is 30.4 Å². The van der Waals surface area contributed by atoms with E-state index in [1.165, 1.54) is 12.7 Å². The molecule has 1 aromatic carbocycles. The van der Waals surface area contributed by atoms with E-state index in [0.717, 1.165) is 4.90 Å². The molecule has 0 spiro atoms. The Balaban J connectivity index is 2.00. The number of aromatic nitrogens is 3. The summed E-state index contributed by atoms with van der Waals surface area (Å²) in [6.45, 7) is 6.09. The number of halogens is 1. The molecular weight excluding hydrogens is 356 g/mol. The summed E-state index contributed by atoms with van der Waals surface area (Å²) in [7, 11) is 1.79. The summed E-state index contributed by atoms with van der Waals surface area (Å²) >= 11 is 6.04. The Bertz CT molecular complexity index is 770. The molecule has 2 aromatic rings. The van der Waals surface area contributed by atoms with Gasteiger partial charge in [-0.15, -0.1) is 0 Å². The van der Waals surface area contributed by atoms with Gasteiger partial charge in [-0.05, 0) is 39.0 Å². The Hall–Kier alpha value is -2.45. The van der Waals surface area contributed by atoms with E-state index in [2.05, 4.69) is 20.7 Å². The van der Waals surface area contributed by atoms with Crippen LogP contribution in [0.4, 0.5) is 5.69 Å². The molecule has 0 saturated carbocycles. The van der Waals surface area contributed by atoms with Crippen LogP contribution in [0, 0.1) is 0 Å². The third kappa shape index (κ3) is 6.12. The van der Waals surface area contributed by atoms with Crippen LogP contribution in [-0.4, -0.2) is 52.3 Å². The van der Waals surface area contributed by atoms with Crippen molar-refractivity contribution >= 4 is 29.1 Å². The number of benzene rings is 1. The minimum absolute atomic E-state index is 0.103. The van der Waals surface area contributed by atoms with E-state index in [0.29, 0.717) is 16.4 Å². The van der Waals surface area contributed by atoms with Crippen molar-refractivity contribution < 1.29 is 14.5 Å². The molecule has 26 heavy (non-hydrogen) atoms. The SMILES string of the molecule is C[NH+](CC(=O)Nc1cc(Cl)ccc1-n1cncn1)CC(=O)NC(C)(C)C. The largest absolute Gasteiger partial charge is 0.347 e. The normalized spacial score (nSPS) is 12.5. The van der Waals surface area contributed by atoms with Crippen LogP contribution in [0.15, 0.2) is 30.9 Å². The van der Waals surface area contributed by atoms with Crippen molar-refractivity contribution in [2.45, 2.75) is 26.3 Å². The second kappa shape index (κ2) is 8.29. The first-order chi connectivity index (χ1) is 12.1. The molecule has 1 atom stereocenters. The fourth-order valence-electron chi connectivity index (χ4n) is 2.41. The number of nitrogens with one attached hydrogen (secondary N) is 3. The lowest BCUT2D eigenvalue weighted by molar-refractivity contribution is -0.862. The van der Waals surface area contributed by atoms with Crippen LogP contribution < -0.4 is 15.5 Å². The maximum atomic E-state index is 12.4. The molecule has 0 saturated heterocycles. The number of quaternary nitrogens is 1. The van der Waals surface area contributed by atoms with Gasteiger partial charge in [-0.25, -0.2) is 9.67 Å². The number of rotatable bonds is 6. The first-order valence-corrected chi connectivity index (χ1v) is 8.58. The summed E-state index contributed by atoms with van der Waals surface area (Å²) < 4.78 is 1.54. The van der Waals surface area contributed by atoms with Gasteiger partial charge in [0.25, 0.3) is 11.8 Å². The Morgan fingerprint density at radius 2 is 1.92 bits per heavy atom. The number of nitrogens with zero attached hydrogens (tertiary/aromatic N) is 3. The van der Waals surface area contributed by atoms with Crippen LogP contribution in [0.1, 0.15) is 20.8 Å². The molecule has 0 aliphatic rings. The zero-order chi connectivity index (χ0) is 19.3. The lowest BCUT2D eigenvalue weighted by atomic mass is 10.1. The van der Waals surface area contributed by atoms with Crippen LogP contribution in [0.2, 0.25) is 5.02 Å². The van der Waals surface area contributed by atoms with E-state index < -0.39 is 0 Å². The summed E-state index contributed by atoms with van der Waals surface area (Å²) in [6, 6.07) is 5.11. The maximum absolute atomic E-state index is 12.4. The third-order valence-corrected chi connectivity index (χ3v) is 3.57. The van der Waals surface area contributed by atoms with Crippen LogP contribution in [0.5, 0.6) is 0 Å². The molecule has 3 N–H and O–H groups in total. The minimum Gasteiger partial charge on any atom is -0.347 e. The fourth-order valence-corrected chi connectivity index (χ4v) is 2.58. The monoisotopic (exact) mass is 379 g/mol. The Labute approximate surface area is 157 Å². The van der Waals surface area contributed by atoms with Crippen molar-refractivity contribution in [2.75, 3.05) is 25.5 Å². The molecule has 8 nitrogen and oxygen atoms in total. The lowest BCUT2D eigenvalue weighted by Crippen LogP contribution is -3.11. The van der Waals surface area contributed by atoms with E-state index in [1.54, 1.807) is 29.9 Å². The van der Waals surface area contributed by atoms with Crippen LogP contribution in [-0.2, 0) is 9.59 Å². The molecule has 0 fully saturated rings. The van der Waals surface area contributed by atoms with Crippen molar-refractivity contribution in [1.82, 2.24) is 20.1 Å². The van der Waals surface area contributed by atoms with Gasteiger partial charge in [0.05, 0.1) is 18.4 Å². The molecule has 140 valence electrons. The smallest absolute Gasteiger partial charge is 0.279 e. The number of hydrogen-bond donors (Lipinski definition) is 3. The quantitative estimate of drug-likeness (QED) is 0.672. The lowest BCUT2D eigenvalue weighted by Gasteiger charge is -2.21. The molecule has 1 unspecified atom stereocenters. The maximum Gasteiger partial charge on any atom is 0.279 e. The van der Waals surface area contributed by atoms with Gasteiger partial charge < -0.3 is 15.5 Å². The Morgan fingerprint density at radius 1 is 1.23 bits per heavy atom. The predicted octanol–water partition coefficient (Wildman–Crippen LogP) is 0.289. The summed E-state index contributed by atoms with van der Waals surface area (Å²) in [5.74, 6) is -0.330. The molecule has 0 bridgehead atoms. The highest BCUT2D eigenvalue weighted by Gasteiger charge is 2.19. The first-order valence-electron chi connectivity index (χ1n) is 8.21. The van der Waals surface area contributed by atoms with Crippen LogP contribution >= 0.6 is 11.6 Å². The second-order valence-electron chi connectivity index (χ2n) is 7.16. The highest BCUT2D eigenvalue weighted by atomic mass is 35.5. The van der Waals surface area contributed by atoms with Gasteiger partial charge in [0.2, 0.25) is 0 Å². The molecule has 0 radical (unpaired) electrons. The van der Waals surface area contributed by atoms with E-state index in [4.69, 9.17) is 11.6 Å². The predicted molar refractivity (Wildman–Crippen MR) is 99.5 cm³/mol. The van der Waals surface area contributed by atoms with Gasteiger partial charge >= 0.3 is 0 Å². The molecule has 2 amide bonds. The number of likely N-dealkylation sites (N-methyl/N-ethyl adjacent to an activating group) is 1. The standard InChI is InChI=1S/C17H23ClN6O2/c1-17(2,3)22-16(26)9-23(4)8-15(25)21-13-7-12(18)5-6-14(13)24-11-19-10-20-24/h5-7,10-11H,8-9H2,1-4H3,(H,21,25)(H,22,26)/p+1. The van der Waals surface area contributed by atoms with Crippen molar-refractivity contribution in [1.29, 1.82) is 0 Å². The van der Waals surface area contributed by atoms with Crippen LogP contribution in [0.25, 0.3) is 5.69 Å². The summed E-state index contributed by atoms with van der Waals surface area (Å²) in [6.07, 6.45) is 2.94. The van der Waals surface area contributed by atoms with Crippen molar-refractivity contribution in [3.05, 3.63) is 35.9 Å². The summed E-state index contributed by atoms with van der Waals surface area (Å²) in [5, 5.41) is 10.3. The Morgan fingerprint density at radius 3 is 2.54 bits per heavy atom. The number of carbonyl (C=O) groups excluding carboxylic acids is 2. The molecule has 2 rings (SSSR count). The average molecular weight is 380 g/mol. The van der Waals surface area contributed by atoms with Crippen molar-refractivity contribution in [3.8, 4) is 5.69 Å². The van der Waals surface area contributed by atoms with Gasteiger partial charge in [0, 0.05) is 10.6 Å². The summed E-state index contributed by atoms with van der Waals surface area (Å²) in [5.41, 5.74) is 0.885. The minimum atomic E-state index is -0.299. The number of anilines is 1. The number of carbonyl (C=O) groups is 2. The van der Waals surface area contributed by atoms with Gasteiger partial charge in [-0.2, -0.15) is 5.10 Å². The number of hydrogen-bond acceptors (Lipinski definition) is 4. The molecule has 1 aromatic heterocycles. The van der Waals surface area contributed by atoms with Gasteiger partial charge in [-0.1, -0.05) is 11.6 Å². The summed E-state index contributed by atoms with van der Waals surface area (Å²) in [4.78, 5) is 29.0. The van der Waals surface area contributed by atoms with E-state index in [1.807, 2.05) is 20.8 Å². The molecule has 0 aliphatic heterocycles. The molecule has 1 heterocycles. The second-order valence-corrected chi connectivity index (χ2v) is 7.59. The highest BCUT2D eigenvalue weighted by molar-refractivity contribution is 6.31. The van der Waals surface area contributed by atoms with Gasteiger partial charge in [0.15, 0.2) is 13.1 Å². The first kappa shape index (κ1) is 19.9. The van der Waals surface area contributed by atoms with Gasteiger partial charge in [0.1, 0.15) is 12.7 Å². The average Bonchev–Trinajstić information content (AvgIpc) is 2.98. The van der Waals surface area contributed by atoms with Crippen LogP contribution in [0.3, 0.4) is 0 Å². The molecule has 0 aliphatic carbocycles. The zero-order valence-electron chi connectivity index (χ0n) is 15.3. The van der Waals surface area contributed by atoms with E-state index in [9.17, 15) is 9.59 Å². The van der Waals surface area contributed by atoms with Crippen molar-refractivity contribution in [3.63, 3.8) is 0 Å². The van der Waals surface area contributed by atoms with Gasteiger partial charge in [-0.3, -0.25) is 9.59 Å². The fraction of sp³-hybridized carbons (Fsp3) is 0.412. The third-order valence-electron chi connectivity index (χ3n) is 3.34. The van der Waals surface area contributed by atoms with Crippen molar-refractivity contribution in [2.24, 2.45) is 0 Å². The Kier molecular flexibility index (Phi) is 6.33. The zero-order valence-corrected chi connectivity index (χ0v) is 16.1. The molecular formula is C17H24ClN6O2+. The topological polar surface area (TPSA) is 93.3 Å². The van der Waals surface area contributed by atoms with E-state index >= 15 is 0 Å². The number of amides is 2. The molecule has 9 heteroatoms.